The Morgan fingerprint density at radius 1 is 0.909 bits per heavy atom. The molecule has 2 rings (SSSR count). The highest BCUT2D eigenvalue weighted by atomic mass is 16.5. The molecule has 0 saturated carbocycles. The molecule has 174 valence electrons. The number of esters is 2. The Balaban J connectivity index is 2.23. The fourth-order valence-electron chi connectivity index (χ4n) is 2.56. The molecule has 0 bridgehead atoms. The van der Waals surface area contributed by atoms with Crippen molar-refractivity contribution in [1.29, 1.82) is 0 Å². The molecular formula is C22H23N3O8. The van der Waals surface area contributed by atoms with E-state index in [1.807, 2.05) is 0 Å². The summed E-state index contributed by atoms with van der Waals surface area (Å²) in [6.45, 7) is 1.16. The third-order valence-electron chi connectivity index (χ3n) is 4.09. The number of hydrazone groups is 1. The van der Waals surface area contributed by atoms with E-state index in [2.05, 4.69) is 25.3 Å². The highest BCUT2D eigenvalue weighted by molar-refractivity contribution is 6.67. The van der Waals surface area contributed by atoms with Gasteiger partial charge in [0, 0.05) is 12.6 Å². The molecule has 0 radical (unpaired) electrons. The molecule has 1 amide bonds. The normalized spacial score (nSPS) is 10.7. The number of hydrogen-bond donors (Lipinski definition) is 3. The Hall–Kier alpha value is -4.25. The maximum Gasteiger partial charge on any atom is 0.337 e. The van der Waals surface area contributed by atoms with Crippen LogP contribution in [0.4, 0.5) is 11.4 Å². The number of amides is 1. The maximum absolute atomic E-state index is 12.6. The molecule has 0 fully saturated rings. The van der Waals surface area contributed by atoms with E-state index in [-0.39, 0.29) is 30.0 Å². The number of hydrogen-bond acceptors (Lipinski definition) is 10. The van der Waals surface area contributed by atoms with Crippen LogP contribution in [0.3, 0.4) is 0 Å². The van der Waals surface area contributed by atoms with Crippen molar-refractivity contribution in [3.8, 4) is 5.75 Å². The van der Waals surface area contributed by atoms with Crippen molar-refractivity contribution in [2.24, 2.45) is 5.10 Å². The Morgan fingerprint density at radius 3 is 1.97 bits per heavy atom. The molecule has 0 saturated heterocycles. The maximum atomic E-state index is 12.6. The smallest absolute Gasteiger partial charge is 0.337 e. The van der Waals surface area contributed by atoms with E-state index in [1.165, 1.54) is 32.4 Å². The van der Waals surface area contributed by atoms with Crippen LogP contribution in [0.1, 0.15) is 27.6 Å². The molecule has 0 spiro atoms. The number of ketones is 1. The fraction of sp³-hybridized carbons (Fsp3) is 0.227. The van der Waals surface area contributed by atoms with Crippen molar-refractivity contribution in [3.05, 3.63) is 53.6 Å². The number of aliphatic hydroxyl groups excluding tert-OH is 1. The lowest BCUT2D eigenvalue weighted by Crippen LogP contribution is -2.29. The number of ether oxygens (including phenoxy) is 3. The van der Waals surface area contributed by atoms with Gasteiger partial charge in [0.25, 0.3) is 5.91 Å². The van der Waals surface area contributed by atoms with Gasteiger partial charge >= 0.3 is 11.9 Å². The number of nitrogens with one attached hydrogen (secondary N) is 2. The van der Waals surface area contributed by atoms with Crippen molar-refractivity contribution >= 4 is 40.7 Å². The first-order valence-electron chi connectivity index (χ1n) is 9.60. The third-order valence-corrected chi connectivity index (χ3v) is 4.09. The molecular weight excluding hydrogens is 434 g/mol. The van der Waals surface area contributed by atoms with E-state index >= 15 is 0 Å². The van der Waals surface area contributed by atoms with Crippen LogP contribution in [-0.4, -0.2) is 61.9 Å². The van der Waals surface area contributed by atoms with Gasteiger partial charge in [-0.25, -0.2) is 9.59 Å². The minimum atomic E-state index is -0.781. The zero-order chi connectivity index (χ0) is 24.4. The average Bonchev–Trinajstić information content (AvgIpc) is 2.82. The van der Waals surface area contributed by atoms with Gasteiger partial charge in [0.1, 0.15) is 12.4 Å². The standard InChI is InChI=1S/C22H23N3O8/c1-13(27)19(20(28)23-16-4-6-18(7-5-16)33-9-8-26)25-24-17-11-14(21(29)31-2)10-15(12-17)22(30)32-3/h4-7,10-12,24,26H,8-9H2,1-3H3,(H,23,28)/b25-19-. The van der Waals surface area contributed by atoms with Gasteiger partial charge in [-0.2, -0.15) is 5.10 Å². The Bertz CT molecular complexity index is 1030. The molecule has 0 aromatic heterocycles. The topological polar surface area (TPSA) is 153 Å². The average molecular weight is 457 g/mol. The van der Waals surface area contributed by atoms with E-state index in [4.69, 9.17) is 9.84 Å². The second kappa shape index (κ2) is 12.0. The van der Waals surface area contributed by atoms with Crippen LogP contribution in [0.5, 0.6) is 5.75 Å². The second-order valence-corrected chi connectivity index (χ2v) is 6.46. The molecule has 2 aromatic rings. The number of benzene rings is 2. The first-order chi connectivity index (χ1) is 15.8. The lowest BCUT2D eigenvalue weighted by molar-refractivity contribution is -0.114. The largest absolute Gasteiger partial charge is 0.491 e. The van der Waals surface area contributed by atoms with Crippen LogP contribution in [0.15, 0.2) is 47.6 Å². The predicted molar refractivity (Wildman–Crippen MR) is 119 cm³/mol. The number of Topliss-reactive ketones (excluding diaryl/α,β-unsaturated/α-hetero) is 1. The molecule has 3 N–H and O–H groups in total. The third kappa shape index (κ3) is 7.14. The number of carbonyl (C=O) groups excluding carboxylic acids is 4. The summed E-state index contributed by atoms with van der Waals surface area (Å²) in [6, 6.07) is 10.2. The summed E-state index contributed by atoms with van der Waals surface area (Å²) in [4.78, 5) is 48.3. The first kappa shape index (κ1) is 25.0. The lowest BCUT2D eigenvalue weighted by atomic mass is 10.1. The minimum Gasteiger partial charge on any atom is -0.491 e. The SMILES string of the molecule is COC(=O)c1cc(N/N=C(/C(C)=O)C(=O)Nc2ccc(OCCO)cc2)cc(C(=O)OC)c1. The number of methoxy groups -OCH3 is 2. The number of nitrogens with zero attached hydrogens (tertiary/aromatic N) is 1. The summed E-state index contributed by atoms with van der Waals surface area (Å²) in [5.74, 6) is -2.32. The van der Waals surface area contributed by atoms with Crippen LogP contribution >= 0.6 is 0 Å². The fourth-order valence-corrected chi connectivity index (χ4v) is 2.56. The first-order valence-corrected chi connectivity index (χ1v) is 9.60. The molecule has 11 nitrogen and oxygen atoms in total. The summed E-state index contributed by atoms with van der Waals surface area (Å²) in [5, 5.41) is 15.2. The zero-order valence-electron chi connectivity index (χ0n) is 18.2. The van der Waals surface area contributed by atoms with Gasteiger partial charge in [-0.15, -0.1) is 0 Å². The van der Waals surface area contributed by atoms with Crippen LogP contribution in [0.25, 0.3) is 0 Å². The summed E-state index contributed by atoms with van der Waals surface area (Å²) in [7, 11) is 2.36. The summed E-state index contributed by atoms with van der Waals surface area (Å²) < 4.78 is 14.6. The van der Waals surface area contributed by atoms with Crippen molar-refractivity contribution in [1.82, 2.24) is 0 Å². The van der Waals surface area contributed by atoms with Gasteiger partial charge in [-0.1, -0.05) is 0 Å². The van der Waals surface area contributed by atoms with Crippen LogP contribution in [-0.2, 0) is 19.1 Å². The van der Waals surface area contributed by atoms with Gasteiger partial charge in [0.15, 0.2) is 11.5 Å². The van der Waals surface area contributed by atoms with Crippen molar-refractivity contribution in [3.63, 3.8) is 0 Å². The summed E-state index contributed by atoms with van der Waals surface area (Å²) in [5.41, 5.74) is 2.67. The molecule has 0 aliphatic rings. The number of carbonyl (C=O) groups is 4. The summed E-state index contributed by atoms with van der Waals surface area (Å²) >= 11 is 0. The lowest BCUT2D eigenvalue weighted by Gasteiger charge is -2.10. The minimum absolute atomic E-state index is 0.0374. The highest BCUT2D eigenvalue weighted by Crippen LogP contribution is 2.18. The van der Waals surface area contributed by atoms with Gasteiger partial charge in [-0.05, 0) is 42.5 Å². The van der Waals surface area contributed by atoms with Crippen LogP contribution in [0, 0.1) is 0 Å². The van der Waals surface area contributed by atoms with E-state index in [1.54, 1.807) is 24.3 Å². The number of anilines is 2. The molecule has 0 aliphatic carbocycles. The number of aliphatic hydroxyl groups is 1. The second-order valence-electron chi connectivity index (χ2n) is 6.46. The molecule has 0 aliphatic heterocycles. The van der Waals surface area contributed by atoms with E-state index in [0.717, 1.165) is 6.92 Å². The van der Waals surface area contributed by atoms with Gasteiger partial charge in [0.2, 0.25) is 0 Å². The number of rotatable bonds is 10. The molecule has 0 heterocycles. The molecule has 11 heteroatoms. The molecule has 0 unspecified atom stereocenters. The highest BCUT2D eigenvalue weighted by Gasteiger charge is 2.18. The van der Waals surface area contributed by atoms with E-state index < -0.39 is 29.3 Å². The van der Waals surface area contributed by atoms with Crippen molar-refractivity contribution in [2.75, 3.05) is 38.2 Å². The molecule has 0 atom stereocenters. The van der Waals surface area contributed by atoms with Crippen molar-refractivity contribution in [2.45, 2.75) is 6.92 Å². The predicted octanol–water partition coefficient (Wildman–Crippen LogP) is 1.63. The zero-order valence-corrected chi connectivity index (χ0v) is 18.2. The summed E-state index contributed by atoms with van der Waals surface area (Å²) in [6.07, 6.45) is 0. The monoisotopic (exact) mass is 457 g/mol. The van der Waals surface area contributed by atoms with Crippen molar-refractivity contribution < 1.29 is 38.5 Å². The molecule has 2 aromatic carbocycles. The van der Waals surface area contributed by atoms with Gasteiger partial charge in [-0.3, -0.25) is 15.0 Å². The Labute approximate surface area is 189 Å². The Kier molecular flexibility index (Phi) is 9.06. The quantitative estimate of drug-likeness (QED) is 0.209. The van der Waals surface area contributed by atoms with Gasteiger partial charge in [0.05, 0.1) is 37.6 Å². The van der Waals surface area contributed by atoms with Crippen LogP contribution in [0.2, 0.25) is 0 Å². The van der Waals surface area contributed by atoms with E-state index in [9.17, 15) is 19.2 Å². The van der Waals surface area contributed by atoms with Crippen LogP contribution < -0.4 is 15.5 Å². The Morgan fingerprint density at radius 2 is 1.48 bits per heavy atom. The van der Waals surface area contributed by atoms with E-state index in [0.29, 0.717) is 11.4 Å². The van der Waals surface area contributed by atoms with Gasteiger partial charge < -0.3 is 24.6 Å². The molecule has 33 heavy (non-hydrogen) atoms.